The summed E-state index contributed by atoms with van der Waals surface area (Å²) in [5.41, 5.74) is 9.17. The second-order valence-corrected chi connectivity index (χ2v) is 11.6. The average Bonchev–Trinajstić information content (AvgIpc) is 3.25. The Labute approximate surface area is 233 Å². The van der Waals surface area contributed by atoms with Crippen molar-refractivity contribution in [3.05, 3.63) is 94.5 Å². The number of rotatable bonds is 8. The van der Waals surface area contributed by atoms with Gasteiger partial charge in [0.25, 0.3) is 0 Å². The Morgan fingerprint density at radius 2 is 1.72 bits per heavy atom. The minimum absolute atomic E-state index is 0.254. The van der Waals surface area contributed by atoms with Crippen LogP contribution in [0.4, 0.5) is 0 Å². The number of carbonyl (C=O) groups excluding carboxylic acids is 1. The van der Waals surface area contributed by atoms with E-state index in [2.05, 4.69) is 95.3 Å². The Morgan fingerprint density at radius 3 is 2.56 bits per heavy atom. The van der Waals surface area contributed by atoms with Crippen LogP contribution in [0.5, 0.6) is 0 Å². The van der Waals surface area contributed by atoms with Crippen LogP contribution in [0.25, 0.3) is 22.1 Å². The molecule has 0 saturated carbocycles. The molecule has 0 N–H and O–H groups in total. The van der Waals surface area contributed by atoms with Crippen LogP contribution in [0.2, 0.25) is 0 Å². The van der Waals surface area contributed by atoms with Crippen LogP contribution in [0, 0.1) is 13.8 Å². The standard InChI is InChI=1S/C32H33N5OS/c1-22-10-13-24(14-11-22)20-37-28-15-12-23(2)19-27(28)30-31(37)33-32(35-34-30)39-18-6-5-9-29(38)36-17-16-25-7-3-4-8-26(25)21-36/h3-4,7-8,10-15,19H,5-6,9,16-18,20-21H2,1-2H3. The van der Waals surface area contributed by atoms with Gasteiger partial charge in [-0.2, -0.15) is 0 Å². The molecule has 0 radical (unpaired) electrons. The topological polar surface area (TPSA) is 63.9 Å². The lowest BCUT2D eigenvalue weighted by atomic mass is 9.99. The lowest BCUT2D eigenvalue weighted by Crippen LogP contribution is -2.35. The molecule has 0 aliphatic carbocycles. The molecule has 1 aliphatic rings. The Hall–Kier alpha value is -3.71. The molecule has 2 aromatic heterocycles. The molecule has 1 aliphatic heterocycles. The van der Waals surface area contributed by atoms with Crippen molar-refractivity contribution in [2.24, 2.45) is 0 Å². The average molecular weight is 536 g/mol. The number of hydrogen-bond donors (Lipinski definition) is 0. The van der Waals surface area contributed by atoms with Gasteiger partial charge in [0.1, 0.15) is 5.52 Å². The zero-order valence-corrected chi connectivity index (χ0v) is 23.4. The maximum atomic E-state index is 12.8. The summed E-state index contributed by atoms with van der Waals surface area (Å²) in [4.78, 5) is 19.7. The molecular formula is C32H33N5OS. The summed E-state index contributed by atoms with van der Waals surface area (Å²) in [7, 11) is 0. The molecule has 7 heteroatoms. The third-order valence-electron chi connectivity index (χ3n) is 7.56. The number of aromatic nitrogens is 4. The molecule has 6 nitrogen and oxygen atoms in total. The number of nitrogens with zero attached hydrogens (tertiary/aromatic N) is 5. The van der Waals surface area contributed by atoms with Crippen LogP contribution in [-0.4, -0.2) is 42.9 Å². The number of thioether (sulfide) groups is 1. The summed E-state index contributed by atoms with van der Waals surface area (Å²) in [5.74, 6) is 1.12. The van der Waals surface area contributed by atoms with Crippen molar-refractivity contribution in [1.82, 2.24) is 24.6 Å². The van der Waals surface area contributed by atoms with Crippen LogP contribution in [0.1, 0.15) is 47.1 Å². The summed E-state index contributed by atoms with van der Waals surface area (Å²) < 4.78 is 2.25. The quantitative estimate of drug-likeness (QED) is 0.168. The van der Waals surface area contributed by atoms with Crippen molar-refractivity contribution in [2.45, 2.75) is 57.8 Å². The largest absolute Gasteiger partial charge is 0.338 e. The number of amides is 1. The van der Waals surface area contributed by atoms with E-state index in [0.717, 1.165) is 66.7 Å². The molecule has 1 amide bonds. The Kier molecular flexibility index (Phi) is 7.33. The first-order valence-electron chi connectivity index (χ1n) is 13.7. The monoisotopic (exact) mass is 535 g/mol. The van der Waals surface area contributed by atoms with Gasteiger partial charge in [0.2, 0.25) is 11.1 Å². The second kappa shape index (κ2) is 11.2. The third kappa shape index (κ3) is 5.55. The SMILES string of the molecule is Cc1ccc(Cn2c3ccc(C)cc3c3nnc(SCCCCC(=O)N4CCc5ccccc5C4)nc32)cc1. The summed E-state index contributed by atoms with van der Waals surface area (Å²) in [6.07, 6.45) is 3.34. The number of carbonyl (C=O) groups is 1. The summed E-state index contributed by atoms with van der Waals surface area (Å²) in [5, 5.41) is 10.9. The van der Waals surface area contributed by atoms with E-state index in [9.17, 15) is 4.79 Å². The van der Waals surface area contributed by atoms with Crippen molar-refractivity contribution in [2.75, 3.05) is 12.3 Å². The molecule has 0 saturated heterocycles. The first kappa shape index (κ1) is 25.6. The first-order chi connectivity index (χ1) is 19.0. The van der Waals surface area contributed by atoms with E-state index in [1.54, 1.807) is 11.8 Å². The molecule has 6 rings (SSSR count). The van der Waals surface area contributed by atoms with E-state index in [-0.39, 0.29) is 5.91 Å². The fourth-order valence-electron chi connectivity index (χ4n) is 5.36. The third-order valence-corrected chi connectivity index (χ3v) is 8.49. The maximum absolute atomic E-state index is 12.8. The number of benzene rings is 3. The van der Waals surface area contributed by atoms with Gasteiger partial charge >= 0.3 is 0 Å². The van der Waals surface area contributed by atoms with E-state index in [4.69, 9.17) is 4.98 Å². The first-order valence-corrected chi connectivity index (χ1v) is 14.7. The molecular weight excluding hydrogens is 502 g/mol. The highest BCUT2D eigenvalue weighted by Crippen LogP contribution is 2.29. The minimum Gasteiger partial charge on any atom is -0.338 e. The van der Waals surface area contributed by atoms with Crippen LogP contribution in [-0.2, 0) is 24.3 Å². The van der Waals surface area contributed by atoms with E-state index >= 15 is 0 Å². The smallest absolute Gasteiger partial charge is 0.222 e. The van der Waals surface area contributed by atoms with Gasteiger partial charge in [0.15, 0.2) is 5.65 Å². The van der Waals surface area contributed by atoms with Crippen molar-refractivity contribution < 1.29 is 4.79 Å². The minimum atomic E-state index is 0.254. The van der Waals surface area contributed by atoms with Crippen molar-refractivity contribution in [3.8, 4) is 0 Å². The summed E-state index contributed by atoms with van der Waals surface area (Å²) in [6.45, 7) is 6.49. The highest BCUT2D eigenvalue weighted by molar-refractivity contribution is 7.99. The van der Waals surface area contributed by atoms with Crippen molar-refractivity contribution in [3.63, 3.8) is 0 Å². The zero-order chi connectivity index (χ0) is 26.8. The van der Waals surface area contributed by atoms with Gasteiger partial charge in [-0.25, -0.2) is 4.98 Å². The Bertz CT molecular complexity index is 1640. The van der Waals surface area contributed by atoms with Gasteiger partial charge in [-0.15, -0.1) is 10.2 Å². The highest BCUT2D eigenvalue weighted by atomic mass is 32.2. The van der Waals surface area contributed by atoms with Gasteiger partial charge in [0.05, 0.1) is 5.52 Å². The molecule has 0 bridgehead atoms. The molecule has 198 valence electrons. The van der Waals surface area contributed by atoms with E-state index < -0.39 is 0 Å². The van der Waals surface area contributed by atoms with Crippen LogP contribution >= 0.6 is 11.8 Å². The summed E-state index contributed by atoms with van der Waals surface area (Å²) >= 11 is 1.62. The summed E-state index contributed by atoms with van der Waals surface area (Å²) in [6, 6.07) is 23.6. The van der Waals surface area contributed by atoms with Crippen LogP contribution in [0.15, 0.2) is 71.9 Å². The number of unbranched alkanes of at least 4 members (excludes halogenated alkanes) is 1. The molecule has 5 aromatic rings. The van der Waals surface area contributed by atoms with Gasteiger partial charge in [-0.1, -0.05) is 77.5 Å². The molecule has 39 heavy (non-hydrogen) atoms. The van der Waals surface area contributed by atoms with Gasteiger partial charge in [0, 0.05) is 37.2 Å². The van der Waals surface area contributed by atoms with Gasteiger partial charge < -0.3 is 9.47 Å². The Balaban J connectivity index is 1.11. The van der Waals surface area contributed by atoms with Crippen LogP contribution in [0.3, 0.4) is 0 Å². The molecule has 3 heterocycles. The van der Waals surface area contributed by atoms with E-state index in [0.29, 0.717) is 11.6 Å². The molecule has 0 spiro atoms. The van der Waals surface area contributed by atoms with Gasteiger partial charge in [-0.3, -0.25) is 4.79 Å². The molecule has 3 aromatic carbocycles. The number of aryl methyl sites for hydroxylation is 2. The highest BCUT2D eigenvalue weighted by Gasteiger charge is 2.20. The number of hydrogen-bond acceptors (Lipinski definition) is 5. The van der Waals surface area contributed by atoms with Crippen molar-refractivity contribution in [1.29, 1.82) is 0 Å². The Morgan fingerprint density at radius 1 is 0.923 bits per heavy atom. The predicted molar refractivity (Wildman–Crippen MR) is 158 cm³/mol. The lowest BCUT2D eigenvalue weighted by molar-refractivity contribution is -0.132. The van der Waals surface area contributed by atoms with Gasteiger partial charge in [-0.05, 0) is 61.9 Å². The second-order valence-electron chi connectivity index (χ2n) is 10.5. The van der Waals surface area contributed by atoms with E-state index in [1.807, 2.05) is 4.90 Å². The maximum Gasteiger partial charge on any atom is 0.222 e. The van der Waals surface area contributed by atoms with Crippen LogP contribution < -0.4 is 0 Å². The lowest BCUT2D eigenvalue weighted by Gasteiger charge is -2.29. The van der Waals surface area contributed by atoms with Crippen molar-refractivity contribution >= 4 is 39.7 Å². The number of fused-ring (bicyclic) bond motifs is 4. The fraction of sp³-hybridized carbons (Fsp3) is 0.312. The van der Waals surface area contributed by atoms with E-state index in [1.165, 1.54) is 27.8 Å². The molecule has 0 unspecified atom stereocenters. The fourth-order valence-corrected chi connectivity index (χ4v) is 6.14. The normalized spacial score (nSPS) is 13.2. The molecule has 0 atom stereocenters. The molecule has 0 fully saturated rings. The predicted octanol–water partition coefficient (Wildman–Crippen LogP) is 6.49. The zero-order valence-electron chi connectivity index (χ0n) is 22.6.